The summed E-state index contributed by atoms with van der Waals surface area (Å²) >= 11 is 0. The first-order valence-corrected chi connectivity index (χ1v) is 11.2. The zero-order chi connectivity index (χ0) is 22.8. The van der Waals surface area contributed by atoms with Crippen molar-refractivity contribution in [3.63, 3.8) is 0 Å². The number of rotatable bonds is 7. The molecule has 168 valence electrons. The summed E-state index contributed by atoms with van der Waals surface area (Å²) in [5.41, 5.74) is 5.70. The molecular formula is C26H35NO4. The summed E-state index contributed by atoms with van der Waals surface area (Å²) < 4.78 is 10.7. The van der Waals surface area contributed by atoms with Gasteiger partial charge in [0.25, 0.3) is 5.91 Å². The number of hydrogen-bond acceptors (Lipinski definition) is 4. The average Bonchev–Trinajstić information content (AvgIpc) is 3.15. The lowest BCUT2D eigenvalue weighted by Crippen LogP contribution is -2.34. The monoisotopic (exact) mass is 425 g/mol. The summed E-state index contributed by atoms with van der Waals surface area (Å²) in [6, 6.07) is 8.23. The first-order chi connectivity index (χ1) is 14.5. The molecule has 0 aliphatic heterocycles. The van der Waals surface area contributed by atoms with Gasteiger partial charge in [-0.25, -0.2) is 0 Å². The Morgan fingerprint density at radius 2 is 1.71 bits per heavy atom. The Kier molecular flexibility index (Phi) is 6.63. The summed E-state index contributed by atoms with van der Waals surface area (Å²) in [5.74, 6) is 0.375. The van der Waals surface area contributed by atoms with E-state index in [0.29, 0.717) is 13.0 Å². The molecule has 1 aromatic carbocycles. The molecule has 0 unspecified atom stereocenters. The van der Waals surface area contributed by atoms with E-state index in [1.165, 1.54) is 35.1 Å². The molecule has 0 fully saturated rings. The van der Waals surface area contributed by atoms with Crippen molar-refractivity contribution in [3.8, 4) is 0 Å². The van der Waals surface area contributed by atoms with Crippen LogP contribution in [0.2, 0.25) is 0 Å². The van der Waals surface area contributed by atoms with E-state index in [4.69, 9.17) is 9.15 Å². The van der Waals surface area contributed by atoms with E-state index in [-0.39, 0.29) is 41.4 Å². The van der Waals surface area contributed by atoms with Gasteiger partial charge in [-0.2, -0.15) is 0 Å². The molecule has 0 saturated carbocycles. The van der Waals surface area contributed by atoms with Crippen LogP contribution >= 0.6 is 0 Å². The SMILES string of the molecule is CCOC(=O)CCNC(=O)c1ccc(Cc2cc3c(cc2C)C(C)(C)CCC3(C)C)o1. The van der Waals surface area contributed by atoms with Crippen LogP contribution in [0.5, 0.6) is 0 Å². The number of benzene rings is 1. The molecular weight excluding hydrogens is 390 g/mol. The molecule has 31 heavy (non-hydrogen) atoms. The van der Waals surface area contributed by atoms with Crippen LogP contribution in [0.1, 0.15) is 92.4 Å². The van der Waals surface area contributed by atoms with Crippen LogP contribution in [0.25, 0.3) is 0 Å². The lowest BCUT2D eigenvalue weighted by molar-refractivity contribution is -0.142. The number of carbonyl (C=O) groups is 2. The van der Waals surface area contributed by atoms with Crippen LogP contribution in [0.3, 0.4) is 0 Å². The summed E-state index contributed by atoms with van der Waals surface area (Å²) in [4.78, 5) is 23.7. The van der Waals surface area contributed by atoms with Gasteiger partial charge < -0.3 is 14.5 Å². The molecule has 3 rings (SSSR count). The second kappa shape index (κ2) is 8.89. The number of hydrogen-bond donors (Lipinski definition) is 1. The molecule has 0 radical (unpaired) electrons. The van der Waals surface area contributed by atoms with Crippen LogP contribution in [0.4, 0.5) is 0 Å². The van der Waals surface area contributed by atoms with E-state index in [1.54, 1.807) is 13.0 Å². The molecule has 1 aliphatic rings. The van der Waals surface area contributed by atoms with Gasteiger partial charge in [-0.05, 0) is 71.9 Å². The van der Waals surface area contributed by atoms with E-state index in [2.05, 4.69) is 52.1 Å². The van der Waals surface area contributed by atoms with E-state index in [0.717, 1.165) is 5.76 Å². The standard InChI is InChI=1S/C26H35NO4/c1-7-30-23(28)10-13-27-24(29)22-9-8-19(31-22)15-18-16-21-20(14-17(18)2)25(3,4)11-12-26(21,5)6/h8-9,14,16H,7,10-13,15H2,1-6H3,(H,27,29). The molecule has 5 nitrogen and oxygen atoms in total. The third kappa shape index (κ3) is 5.20. The Labute approximate surface area is 185 Å². The number of carbonyl (C=O) groups excluding carboxylic acids is 2. The Morgan fingerprint density at radius 3 is 2.35 bits per heavy atom. The highest BCUT2D eigenvalue weighted by Gasteiger charge is 2.37. The maximum atomic E-state index is 12.3. The molecule has 2 aromatic rings. The minimum atomic E-state index is -0.322. The van der Waals surface area contributed by atoms with Gasteiger partial charge in [0.2, 0.25) is 0 Å². The number of esters is 1. The molecule has 1 amide bonds. The van der Waals surface area contributed by atoms with Crippen molar-refractivity contribution in [2.24, 2.45) is 0 Å². The lowest BCUT2D eigenvalue weighted by atomic mass is 9.62. The number of fused-ring (bicyclic) bond motifs is 1. The van der Waals surface area contributed by atoms with Crippen molar-refractivity contribution in [1.82, 2.24) is 5.32 Å². The highest BCUT2D eigenvalue weighted by atomic mass is 16.5. The maximum absolute atomic E-state index is 12.3. The van der Waals surface area contributed by atoms with Crippen molar-refractivity contribution in [3.05, 3.63) is 58.0 Å². The van der Waals surface area contributed by atoms with Gasteiger partial charge in [-0.1, -0.05) is 39.8 Å². The smallest absolute Gasteiger partial charge is 0.307 e. The minimum Gasteiger partial charge on any atom is -0.466 e. The Bertz CT molecular complexity index is 968. The first kappa shape index (κ1) is 23.1. The predicted molar refractivity (Wildman–Crippen MR) is 122 cm³/mol. The van der Waals surface area contributed by atoms with E-state index >= 15 is 0 Å². The fourth-order valence-corrected chi connectivity index (χ4v) is 4.34. The number of amides is 1. The average molecular weight is 426 g/mol. The van der Waals surface area contributed by atoms with E-state index in [1.807, 2.05) is 6.07 Å². The van der Waals surface area contributed by atoms with Gasteiger partial charge in [0.05, 0.1) is 13.0 Å². The van der Waals surface area contributed by atoms with Crippen LogP contribution in [0, 0.1) is 6.92 Å². The zero-order valence-corrected chi connectivity index (χ0v) is 19.7. The second-order valence-electron chi connectivity index (χ2n) is 9.85. The van der Waals surface area contributed by atoms with Crippen LogP contribution < -0.4 is 5.32 Å². The highest BCUT2D eigenvalue weighted by Crippen LogP contribution is 2.46. The maximum Gasteiger partial charge on any atom is 0.307 e. The molecule has 1 heterocycles. The van der Waals surface area contributed by atoms with E-state index in [9.17, 15) is 9.59 Å². The van der Waals surface area contributed by atoms with E-state index < -0.39 is 0 Å². The van der Waals surface area contributed by atoms with Crippen molar-refractivity contribution < 1.29 is 18.7 Å². The van der Waals surface area contributed by atoms with Crippen molar-refractivity contribution >= 4 is 11.9 Å². The zero-order valence-electron chi connectivity index (χ0n) is 19.7. The van der Waals surface area contributed by atoms with Gasteiger partial charge in [-0.3, -0.25) is 9.59 Å². The first-order valence-electron chi connectivity index (χ1n) is 11.2. The Balaban J connectivity index is 1.72. The van der Waals surface area contributed by atoms with Gasteiger partial charge >= 0.3 is 5.97 Å². The second-order valence-corrected chi connectivity index (χ2v) is 9.85. The van der Waals surface area contributed by atoms with Crippen molar-refractivity contribution in [2.75, 3.05) is 13.2 Å². The van der Waals surface area contributed by atoms with Gasteiger partial charge in [0.15, 0.2) is 5.76 Å². The highest BCUT2D eigenvalue weighted by molar-refractivity contribution is 5.91. The Morgan fingerprint density at radius 1 is 1.06 bits per heavy atom. The van der Waals surface area contributed by atoms with Crippen LogP contribution in [-0.4, -0.2) is 25.0 Å². The molecule has 0 saturated heterocycles. The largest absolute Gasteiger partial charge is 0.466 e. The molecule has 0 atom stereocenters. The third-order valence-electron chi connectivity index (χ3n) is 6.48. The molecule has 1 aliphatic carbocycles. The van der Waals surface area contributed by atoms with Gasteiger partial charge in [-0.15, -0.1) is 0 Å². The fraction of sp³-hybridized carbons (Fsp3) is 0.538. The van der Waals surface area contributed by atoms with Crippen molar-refractivity contribution in [2.45, 2.75) is 78.1 Å². The quantitative estimate of drug-likeness (QED) is 0.618. The number of furan rings is 1. The van der Waals surface area contributed by atoms with Crippen LogP contribution in [0.15, 0.2) is 28.7 Å². The number of nitrogens with one attached hydrogen (secondary N) is 1. The Hall–Kier alpha value is -2.56. The van der Waals surface area contributed by atoms with Gasteiger partial charge in [0.1, 0.15) is 5.76 Å². The lowest BCUT2D eigenvalue weighted by Gasteiger charge is -2.42. The van der Waals surface area contributed by atoms with Gasteiger partial charge in [0, 0.05) is 13.0 Å². The number of aryl methyl sites for hydroxylation is 1. The molecule has 1 aromatic heterocycles. The minimum absolute atomic E-state index is 0.146. The third-order valence-corrected chi connectivity index (χ3v) is 6.48. The molecule has 0 bridgehead atoms. The topological polar surface area (TPSA) is 68.5 Å². The predicted octanol–water partition coefficient (Wildman–Crippen LogP) is 5.21. The summed E-state index contributed by atoms with van der Waals surface area (Å²) in [6.07, 6.45) is 3.16. The molecule has 0 spiro atoms. The summed E-state index contributed by atoms with van der Waals surface area (Å²) in [7, 11) is 0. The van der Waals surface area contributed by atoms with Crippen LogP contribution in [-0.2, 0) is 26.8 Å². The molecule has 5 heteroatoms. The number of ether oxygens (including phenoxy) is 1. The summed E-state index contributed by atoms with van der Waals surface area (Å²) in [6.45, 7) is 13.8. The fourth-order valence-electron chi connectivity index (χ4n) is 4.34. The molecule has 1 N–H and O–H groups in total. The summed E-state index contributed by atoms with van der Waals surface area (Å²) in [5, 5.41) is 2.70. The van der Waals surface area contributed by atoms with Crippen molar-refractivity contribution in [1.29, 1.82) is 0 Å². The normalized spacial score (nSPS) is 16.5.